The van der Waals surface area contributed by atoms with Crippen LogP contribution in [-0.4, -0.2) is 16.2 Å². The van der Waals surface area contributed by atoms with E-state index in [4.69, 9.17) is 9.52 Å². The summed E-state index contributed by atoms with van der Waals surface area (Å²) in [5.41, 5.74) is -0.763. The zero-order valence-electron chi connectivity index (χ0n) is 9.58. The molecule has 3 aromatic rings. The Hall–Kier alpha value is -2.82. The van der Waals surface area contributed by atoms with E-state index in [0.717, 1.165) is 11.6 Å². The Kier molecular flexibility index (Phi) is 2.28. The third kappa shape index (κ3) is 1.63. The Morgan fingerprint density at radius 3 is 2.63 bits per heavy atom. The number of hydrogen-bond donors (Lipinski definition) is 2. The number of phenols is 1. The number of carboxylic acid groups (broad SMARTS) is 1. The minimum Gasteiger partial charge on any atom is -0.508 e. The van der Waals surface area contributed by atoms with Crippen LogP contribution in [0.2, 0.25) is 0 Å². The Bertz CT molecular complexity index is 876. The molecule has 0 amide bonds. The Labute approximate surface area is 106 Å². The van der Waals surface area contributed by atoms with Gasteiger partial charge in [-0.3, -0.25) is 4.79 Å². The van der Waals surface area contributed by atoms with E-state index in [1.807, 2.05) is 0 Å². The van der Waals surface area contributed by atoms with Gasteiger partial charge in [-0.1, -0.05) is 12.1 Å². The average Bonchev–Trinajstić information content (AvgIpc) is 2.37. The summed E-state index contributed by atoms with van der Waals surface area (Å²) in [7, 11) is 0. The van der Waals surface area contributed by atoms with Crippen LogP contribution in [0.5, 0.6) is 5.75 Å². The first kappa shape index (κ1) is 11.3. The third-order valence-electron chi connectivity index (χ3n) is 2.97. The maximum atomic E-state index is 12.2. The van der Waals surface area contributed by atoms with Crippen molar-refractivity contribution in [3.05, 3.63) is 52.4 Å². The number of benzene rings is 2. The second-order valence-corrected chi connectivity index (χ2v) is 4.13. The highest BCUT2D eigenvalue weighted by Crippen LogP contribution is 2.26. The number of aromatic hydroxyl groups is 1. The van der Waals surface area contributed by atoms with Gasteiger partial charge in [-0.15, -0.1) is 0 Å². The van der Waals surface area contributed by atoms with Crippen LogP contribution < -0.4 is 5.43 Å². The first-order valence-corrected chi connectivity index (χ1v) is 5.48. The van der Waals surface area contributed by atoms with Gasteiger partial charge < -0.3 is 14.6 Å². The van der Waals surface area contributed by atoms with Crippen LogP contribution in [-0.2, 0) is 0 Å². The van der Waals surface area contributed by atoms with Crippen LogP contribution in [0.15, 0.2) is 45.8 Å². The van der Waals surface area contributed by atoms with E-state index in [2.05, 4.69) is 0 Å². The monoisotopic (exact) mass is 256 g/mol. The first-order valence-electron chi connectivity index (χ1n) is 5.48. The molecular formula is C14H8O5. The van der Waals surface area contributed by atoms with Crippen LogP contribution in [0.1, 0.15) is 10.4 Å². The highest BCUT2D eigenvalue weighted by Gasteiger charge is 2.15. The van der Waals surface area contributed by atoms with Crippen LogP contribution >= 0.6 is 0 Å². The van der Waals surface area contributed by atoms with Crippen molar-refractivity contribution in [3.63, 3.8) is 0 Å². The highest BCUT2D eigenvalue weighted by molar-refractivity contribution is 6.07. The minimum absolute atomic E-state index is 0.000119. The van der Waals surface area contributed by atoms with E-state index >= 15 is 0 Å². The van der Waals surface area contributed by atoms with Crippen molar-refractivity contribution in [2.24, 2.45) is 0 Å². The molecule has 5 nitrogen and oxygen atoms in total. The van der Waals surface area contributed by atoms with E-state index in [9.17, 15) is 14.7 Å². The molecule has 0 aliphatic carbocycles. The van der Waals surface area contributed by atoms with Crippen molar-refractivity contribution in [1.82, 2.24) is 0 Å². The van der Waals surface area contributed by atoms with E-state index in [1.54, 1.807) is 18.2 Å². The van der Waals surface area contributed by atoms with Gasteiger partial charge in [-0.2, -0.15) is 0 Å². The number of hydrogen-bond acceptors (Lipinski definition) is 4. The van der Waals surface area contributed by atoms with Gasteiger partial charge in [0.25, 0.3) is 0 Å². The predicted molar refractivity (Wildman–Crippen MR) is 68.6 cm³/mol. The fraction of sp³-hybridized carbons (Fsp3) is 0. The maximum Gasteiger partial charge on any atom is 0.342 e. The van der Waals surface area contributed by atoms with E-state index in [1.165, 1.54) is 12.1 Å². The van der Waals surface area contributed by atoms with Gasteiger partial charge in [-0.05, 0) is 23.6 Å². The van der Waals surface area contributed by atoms with Gasteiger partial charge >= 0.3 is 5.97 Å². The normalized spacial score (nSPS) is 10.9. The van der Waals surface area contributed by atoms with Gasteiger partial charge in [0.05, 0.1) is 5.39 Å². The van der Waals surface area contributed by atoms with E-state index in [0.29, 0.717) is 5.39 Å². The molecule has 3 rings (SSSR count). The molecule has 0 unspecified atom stereocenters. The number of phenolic OH excluding ortho intramolecular Hbond substituents is 1. The first-order chi connectivity index (χ1) is 9.08. The van der Waals surface area contributed by atoms with Gasteiger partial charge in [0.2, 0.25) is 5.43 Å². The molecular weight excluding hydrogens is 248 g/mol. The third-order valence-corrected chi connectivity index (χ3v) is 2.97. The van der Waals surface area contributed by atoms with Crippen LogP contribution in [0.3, 0.4) is 0 Å². The fourth-order valence-electron chi connectivity index (χ4n) is 2.08. The molecule has 0 spiro atoms. The zero-order chi connectivity index (χ0) is 13.6. The lowest BCUT2D eigenvalue weighted by Gasteiger charge is -2.04. The highest BCUT2D eigenvalue weighted by atomic mass is 16.4. The number of carboxylic acids is 1. The second kappa shape index (κ2) is 3.84. The Balaban J connectivity index is 2.59. The summed E-state index contributed by atoms with van der Waals surface area (Å²) < 4.78 is 5.17. The minimum atomic E-state index is -1.34. The standard InChI is InChI=1S/C14H8O5/c15-8-3-1-7-2-4-11-12(9(7)5-8)13(16)10(6-19-11)14(17)18/h1-6,15H,(H,17,18). The van der Waals surface area contributed by atoms with Crippen molar-refractivity contribution in [1.29, 1.82) is 0 Å². The number of carbonyl (C=O) groups is 1. The molecule has 0 saturated heterocycles. The molecule has 5 heteroatoms. The zero-order valence-corrected chi connectivity index (χ0v) is 9.58. The average molecular weight is 256 g/mol. The van der Waals surface area contributed by atoms with Crippen LogP contribution in [0.25, 0.3) is 21.7 Å². The summed E-state index contributed by atoms with van der Waals surface area (Å²) in [5.74, 6) is -1.34. The van der Waals surface area contributed by atoms with Crippen molar-refractivity contribution >= 4 is 27.7 Å². The topological polar surface area (TPSA) is 87.7 Å². The summed E-state index contributed by atoms with van der Waals surface area (Å²) in [6, 6.07) is 7.90. The number of fused-ring (bicyclic) bond motifs is 3. The molecule has 94 valence electrons. The predicted octanol–water partition coefficient (Wildman–Crippen LogP) is 2.35. The van der Waals surface area contributed by atoms with Gasteiger partial charge in [0.1, 0.15) is 23.2 Å². The summed E-state index contributed by atoms with van der Waals surface area (Å²) >= 11 is 0. The lowest BCUT2D eigenvalue weighted by atomic mass is 10.0. The molecule has 2 aromatic carbocycles. The fourth-order valence-corrected chi connectivity index (χ4v) is 2.08. The van der Waals surface area contributed by atoms with E-state index in [-0.39, 0.29) is 16.7 Å². The Morgan fingerprint density at radius 1 is 1.16 bits per heavy atom. The molecule has 0 radical (unpaired) electrons. The van der Waals surface area contributed by atoms with Crippen molar-refractivity contribution in [3.8, 4) is 5.75 Å². The van der Waals surface area contributed by atoms with Crippen LogP contribution in [0, 0.1) is 0 Å². The molecule has 1 aromatic heterocycles. The molecule has 1 heterocycles. The van der Waals surface area contributed by atoms with E-state index < -0.39 is 17.0 Å². The number of rotatable bonds is 1. The molecule has 0 atom stereocenters. The lowest BCUT2D eigenvalue weighted by molar-refractivity contribution is 0.0693. The van der Waals surface area contributed by atoms with Crippen molar-refractivity contribution in [2.45, 2.75) is 0 Å². The van der Waals surface area contributed by atoms with Crippen LogP contribution in [0.4, 0.5) is 0 Å². The molecule has 0 saturated carbocycles. The summed E-state index contributed by atoms with van der Waals surface area (Å²) in [4.78, 5) is 23.1. The summed E-state index contributed by atoms with van der Waals surface area (Å²) in [6.07, 6.45) is 0.932. The largest absolute Gasteiger partial charge is 0.508 e. The van der Waals surface area contributed by atoms with Gasteiger partial charge in [0.15, 0.2) is 0 Å². The lowest BCUT2D eigenvalue weighted by Crippen LogP contribution is -2.14. The van der Waals surface area contributed by atoms with Crippen molar-refractivity contribution in [2.75, 3.05) is 0 Å². The second-order valence-electron chi connectivity index (χ2n) is 4.13. The SMILES string of the molecule is O=C(O)c1coc2ccc3ccc(O)cc3c2c1=O. The maximum absolute atomic E-state index is 12.2. The molecule has 0 fully saturated rings. The summed E-state index contributed by atoms with van der Waals surface area (Å²) in [5, 5.41) is 19.8. The van der Waals surface area contributed by atoms with Gasteiger partial charge in [0, 0.05) is 5.39 Å². The quantitative estimate of drug-likeness (QED) is 0.652. The smallest absolute Gasteiger partial charge is 0.342 e. The molecule has 0 aliphatic rings. The molecule has 0 aliphatic heterocycles. The van der Waals surface area contributed by atoms with Crippen molar-refractivity contribution < 1.29 is 19.4 Å². The molecule has 0 bridgehead atoms. The van der Waals surface area contributed by atoms with Gasteiger partial charge in [-0.25, -0.2) is 4.79 Å². The molecule has 19 heavy (non-hydrogen) atoms. The Morgan fingerprint density at radius 2 is 1.89 bits per heavy atom. The summed E-state index contributed by atoms with van der Waals surface area (Å²) in [6.45, 7) is 0. The molecule has 2 N–H and O–H groups in total. The number of aromatic carboxylic acids is 1.